The van der Waals surface area contributed by atoms with Crippen LogP contribution in [0.4, 0.5) is 0 Å². The first-order valence-corrected chi connectivity index (χ1v) is 6.80. The zero-order valence-electron chi connectivity index (χ0n) is 9.99. The molecule has 0 fully saturated rings. The first-order chi connectivity index (χ1) is 7.31. The van der Waals surface area contributed by atoms with Crippen LogP contribution in [0.5, 0.6) is 0 Å². The molecule has 0 bridgehead atoms. The second kappa shape index (κ2) is 6.96. The SMILES string of the molecule is CCNC(Cc1cncs1)C(CC)CC. The van der Waals surface area contributed by atoms with Gasteiger partial charge in [0.25, 0.3) is 0 Å². The molecule has 0 aromatic carbocycles. The summed E-state index contributed by atoms with van der Waals surface area (Å²) in [7, 11) is 0. The predicted molar refractivity (Wildman–Crippen MR) is 67.4 cm³/mol. The summed E-state index contributed by atoms with van der Waals surface area (Å²) in [6.45, 7) is 7.80. The highest BCUT2D eigenvalue weighted by atomic mass is 32.1. The van der Waals surface area contributed by atoms with Crippen molar-refractivity contribution in [3.05, 3.63) is 16.6 Å². The molecule has 0 aliphatic heterocycles. The first kappa shape index (κ1) is 12.7. The zero-order chi connectivity index (χ0) is 11.1. The van der Waals surface area contributed by atoms with E-state index in [-0.39, 0.29) is 0 Å². The lowest BCUT2D eigenvalue weighted by Gasteiger charge is -2.25. The van der Waals surface area contributed by atoms with Crippen molar-refractivity contribution < 1.29 is 0 Å². The number of rotatable bonds is 7. The van der Waals surface area contributed by atoms with Crippen LogP contribution in [0.15, 0.2) is 11.7 Å². The lowest BCUT2D eigenvalue weighted by atomic mass is 9.91. The molecule has 3 heteroatoms. The smallest absolute Gasteiger partial charge is 0.0794 e. The van der Waals surface area contributed by atoms with Crippen LogP contribution >= 0.6 is 11.3 Å². The Kier molecular flexibility index (Phi) is 5.88. The maximum atomic E-state index is 4.14. The minimum absolute atomic E-state index is 0.616. The van der Waals surface area contributed by atoms with Gasteiger partial charge < -0.3 is 5.32 Å². The van der Waals surface area contributed by atoms with Gasteiger partial charge in [0.15, 0.2) is 0 Å². The summed E-state index contributed by atoms with van der Waals surface area (Å²) in [4.78, 5) is 5.53. The van der Waals surface area contributed by atoms with E-state index >= 15 is 0 Å². The topological polar surface area (TPSA) is 24.9 Å². The molecule has 0 spiro atoms. The van der Waals surface area contributed by atoms with E-state index in [1.165, 1.54) is 17.7 Å². The summed E-state index contributed by atoms with van der Waals surface area (Å²) in [5.41, 5.74) is 1.92. The van der Waals surface area contributed by atoms with Crippen molar-refractivity contribution in [1.82, 2.24) is 10.3 Å². The molecule has 0 aliphatic rings. The van der Waals surface area contributed by atoms with Crippen LogP contribution in [0.1, 0.15) is 38.5 Å². The van der Waals surface area contributed by atoms with Gasteiger partial charge in [-0.05, 0) is 18.9 Å². The Labute approximate surface area is 97.1 Å². The number of nitrogens with zero attached hydrogens (tertiary/aromatic N) is 1. The van der Waals surface area contributed by atoms with Crippen LogP contribution in [-0.2, 0) is 6.42 Å². The summed E-state index contributed by atoms with van der Waals surface area (Å²) in [5.74, 6) is 0.784. The Morgan fingerprint density at radius 1 is 1.33 bits per heavy atom. The van der Waals surface area contributed by atoms with Gasteiger partial charge in [-0.3, -0.25) is 4.98 Å². The van der Waals surface area contributed by atoms with Crippen molar-refractivity contribution >= 4 is 11.3 Å². The molecule has 2 nitrogen and oxygen atoms in total. The fourth-order valence-corrected chi connectivity index (χ4v) is 2.74. The summed E-state index contributed by atoms with van der Waals surface area (Å²) in [5, 5.41) is 3.60. The van der Waals surface area contributed by atoms with E-state index in [0.717, 1.165) is 18.9 Å². The molecule has 0 amide bonds. The summed E-state index contributed by atoms with van der Waals surface area (Å²) < 4.78 is 0. The normalized spacial score (nSPS) is 13.3. The molecule has 0 saturated heterocycles. The fourth-order valence-electron chi connectivity index (χ4n) is 2.09. The minimum atomic E-state index is 0.616. The highest BCUT2D eigenvalue weighted by molar-refractivity contribution is 7.09. The molecule has 1 rings (SSSR count). The zero-order valence-corrected chi connectivity index (χ0v) is 10.8. The Morgan fingerprint density at radius 2 is 2.07 bits per heavy atom. The van der Waals surface area contributed by atoms with E-state index in [4.69, 9.17) is 0 Å². The Morgan fingerprint density at radius 3 is 2.53 bits per heavy atom. The maximum Gasteiger partial charge on any atom is 0.0794 e. The number of likely N-dealkylation sites (N-methyl/N-ethyl adjacent to an activating group) is 1. The van der Waals surface area contributed by atoms with Crippen LogP contribution in [0.25, 0.3) is 0 Å². The number of aromatic nitrogens is 1. The van der Waals surface area contributed by atoms with E-state index in [9.17, 15) is 0 Å². The molecule has 0 saturated carbocycles. The van der Waals surface area contributed by atoms with E-state index < -0.39 is 0 Å². The van der Waals surface area contributed by atoms with Crippen molar-refractivity contribution in [2.75, 3.05) is 6.54 Å². The lowest BCUT2D eigenvalue weighted by molar-refractivity contribution is 0.338. The number of nitrogens with one attached hydrogen (secondary N) is 1. The van der Waals surface area contributed by atoms with Crippen molar-refractivity contribution in [2.45, 2.75) is 46.1 Å². The lowest BCUT2D eigenvalue weighted by Crippen LogP contribution is -2.37. The minimum Gasteiger partial charge on any atom is -0.314 e. The molecule has 0 aliphatic carbocycles. The maximum absolute atomic E-state index is 4.14. The van der Waals surface area contributed by atoms with Gasteiger partial charge in [-0.25, -0.2) is 0 Å². The third-order valence-electron chi connectivity index (χ3n) is 2.99. The molecular weight excluding hydrogens is 204 g/mol. The van der Waals surface area contributed by atoms with E-state index in [1.807, 2.05) is 11.7 Å². The van der Waals surface area contributed by atoms with Gasteiger partial charge in [0, 0.05) is 17.1 Å². The van der Waals surface area contributed by atoms with E-state index in [2.05, 4.69) is 31.1 Å². The molecule has 1 aromatic rings. The first-order valence-electron chi connectivity index (χ1n) is 5.92. The third kappa shape index (κ3) is 3.92. The summed E-state index contributed by atoms with van der Waals surface area (Å²) in [6.07, 6.45) is 5.64. The molecule has 1 heterocycles. The quantitative estimate of drug-likeness (QED) is 0.773. The fraction of sp³-hybridized carbons (Fsp3) is 0.750. The summed E-state index contributed by atoms with van der Waals surface area (Å²) in [6, 6.07) is 0.616. The average molecular weight is 226 g/mol. The summed E-state index contributed by atoms with van der Waals surface area (Å²) >= 11 is 1.76. The van der Waals surface area contributed by atoms with Crippen LogP contribution in [0, 0.1) is 5.92 Å². The van der Waals surface area contributed by atoms with Gasteiger partial charge in [0.1, 0.15) is 0 Å². The van der Waals surface area contributed by atoms with Crippen molar-refractivity contribution in [2.24, 2.45) is 5.92 Å². The van der Waals surface area contributed by atoms with Gasteiger partial charge in [-0.15, -0.1) is 11.3 Å². The molecule has 1 aromatic heterocycles. The van der Waals surface area contributed by atoms with Gasteiger partial charge in [-0.2, -0.15) is 0 Å². The molecular formula is C12H22N2S. The largest absolute Gasteiger partial charge is 0.314 e. The molecule has 1 atom stereocenters. The van der Waals surface area contributed by atoms with Crippen LogP contribution < -0.4 is 5.32 Å². The van der Waals surface area contributed by atoms with Crippen molar-refractivity contribution in [3.63, 3.8) is 0 Å². The number of hydrogen-bond donors (Lipinski definition) is 1. The Balaban J connectivity index is 2.56. The van der Waals surface area contributed by atoms with Crippen molar-refractivity contribution in [3.8, 4) is 0 Å². The molecule has 86 valence electrons. The second-order valence-electron chi connectivity index (χ2n) is 3.91. The number of thiazole rings is 1. The van der Waals surface area contributed by atoms with Crippen LogP contribution in [0.3, 0.4) is 0 Å². The van der Waals surface area contributed by atoms with Gasteiger partial charge in [-0.1, -0.05) is 33.6 Å². The van der Waals surface area contributed by atoms with Crippen LogP contribution in [0.2, 0.25) is 0 Å². The molecule has 1 N–H and O–H groups in total. The number of hydrogen-bond acceptors (Lipinski definition) is 3. The predicted octanol–water partition coefficient (Wildman–Crippen LogP) is 3.10. The third-order valence-corrected chi connectivity index (χ3v) is 3.79. The van der Waals surface area contributed by atoms with Gasteiger partial charge in [0.05, 0.1) is 5.51 Å². The van der Waals surface area contributed by atoms with E-state index in [0.29, 0.717) is 6.04 Å². The van der Waals surface area contributed by atoms with Crippen LogP contribution in [-0.4, -0.2) is 17.6 Å². The van der Waals surface area contributed by atoms with E-state index in [1.54, 1.807) is 11.3 Å². The average Bonchev–Trinajstić information content (AvgIpc) is 2.72. The molecule has 15 heavy (non-hydrogen) atoms. The highest BCUT2D eigenvalue weighted by Gasteiger charge is 2.18. The Hall–Kier alpha value is -0.410. The monoisotopic (exact) mass is 226 g/mol. The van der Waals surface area contributed by atoms with Crippen molar-refractivity contribution in [1.29, 1.82) is 0 Å². The Bertz CT molecular complexity index is 242. The second-order valence-corrected chi connectivity index (χ2v) is 4.88. The molecule has 0 radical (unpaired) electrons. The van der Waals surface area contributed by atoms with Gasteiger partial charge in [0.2, 0.25) is 0 Å². The standard InChI is InChI=1S/C12H22N2S/c1-4-10(5-2)12(14-6-3)7-11-8-13-9-15-11/h8-10,12,14H,4-7H2,1-3H3. The molecule has 1 unspecified atom stereocenters. The highest BCUT2D eigenvalue weighted by Crippen LogP contribution is 2.19. The van der Waals surface area contributed by atoms with Gasteiger partial charge >= 0.3 is 0 Å².